The maximum Gasteiger partial charge on any atom is 0.0900 e. The molecule has 0 aliphatic heterocycles. The summed E-state index contributed by atoms with van der Waals surface area (Å²) in [5, 5.41) is 3.61. The van der Waals surface area contributed by atoms with Crippen molar-refractivity contribution in [1.82, 2.24) is 15.0 Å². The predicted molar refractivity (Wildman–Crippen MR) is 109 cm³/mol. The molecular formula is C22H16N6. The number of benzene rings is 1. The summed E-state index contributed by atoms with van der Waals surface area (Å²) in [6, 6.07) is 23.6. The van der Waals surface area contributed by atoms with Gasteiger partial charge in [0.25, 0.3) is 0 Å². The van der Waals surface area contributed by atoms with Crippen LogP contribution in [-0.4, -0.2) is 15.0 Å². The van der Waals surface area contributed by atoms with Gasteiger partial charge in [0, 0.05) is 17.3 Å². The molecule has 6 nitrogen and oxygen atoms in total. The van der Waals surface area contributed by atoms with Crippen molar-refractivity contribution in [3.63, 3.8) is 0 Å². The SMILES string of the molecule is [N-]=[N+]=NCc1ccc(-c2cc(-c3ccccn3)nc(-c3ccccn3)c2)cc1. The number of pyridine rings is 3. The minimum absolute atomic E-state index is 0.339. The lowest BCUT2D eigenvalue weighted by atomic mass is 10.0. The highest BCUT2D eigenvalue weighted by Gasteiger charge is 2.10. The molecule has 0 amide bonds. The van der Waals surface area contributed by atoms with E-state index < -0.39 is 0 Å². The van der Waals surface area contributed by atoms with E-state index in [0.29, 0.717) is 6.54 Å². The third kappa shape index (κ3) is 3.87. The van der Waals surface area contributed by atoms with E-state index in [0.717, 1.165) is 39.5 Å². The highest BCUT2D eigenvalue weighted by atomic mass is 15.1. The van der Waals surface area contributed by atoms with Crippen LogP contribution in [-0.2, 0) is 6.54 Å². The lowest BCUT2D eigenvalue weighted by Gasteiger charge is -2.09. The monoisotopic (exact) mass is 364 g/mol. The van der Waals surface area contributed by atoms with Crippen LogP contribution in [0, 0.1) is 0 Å². The molecule has 4 rings (SSSR count). The summed E-state index contributed by atoms with van der Waals surface area (Å²) in [6.45, 7) is 0.339. The van der Waals surface area contributed by atoms with Crippen molar-refractivity contribution in [1.29, 1.82) is 0 Å². The molecule has 0 N–H and O–H groups in total. The second-order valence-electron chi connectivity index (χ2n) is 6.14. The molecule has 0 fully saturated rings. The summed E-state index contributed by atoms with van der Waals surface area (Å²) >= 11 is 0. The van der Waals surface area contributed by atoms with Crippen molar-refractivity contribution < 1.29 is 0 Å². The molecule has 0 saturated heterocycles. The van der Waals surface area contributed by atoms with Crippen LogP contribution in [0.15, 0.2) is 90.3 Å². The Morgan fingerprint density at radius 1 is 0.714 bits per heavy atom. The third-order valence-corrected chi connectivity index (χ3v) is 4.28. The molecule has 28 heavy (non-hydrogen) atoms. The van der Waals surface area contributed by atoms with E-state index in [-0.39, 0.29) is 0 Å². The normalized spacial score (nSPS) is 10.3. The first-order valence-corrected chi connectivity index (χ1v) is 8.78. The first-order chi connectivity index (χ1) is 13.8. The smallest absolute Gasteiger partial charge is 0.0900 e. The fourth-order valence-electron chi connectivity index (χ4n) is 2.90. The molecule has 0 spiro atoms. The lowest BCUT2D eigenvalue weighted by Crippen LogP contribution is -1.94. The topological polar surface area (TPSA) is 87.4 Å². The van der Waals surface area contributed by atoms with Gasteiger partial charge in [-0.05, 0) is 58.6 Å². The van der Waals surface area contributed by atoms with Crippen LogP contribution in [0.3, 0.4) is 0 Å². The van der Waals surface area contributed by atoms with Crippen LogP contribution in [0.1, 0.15) is 5.56 Å². The van der Waals surface area contributed by atoms with Gasteiger partial charge >= 0.3 is 0 Å². The van der Waals surface area contributed by atoms with E-state index >= 15 is 0 Å². The zero-order valence-electron chi connectivity index (χ0n) is 15.0. The van der Waals surface area contributed by atoms with Crippen molar-refractivity contribution in [3.8, 4) is 33.9 Å². The van der Waals surface area contributed by atoms with Crippen molar-refractivity contribution >= 4 is 0 Å². The van der Waals surface area contributed by atoms with Crippen molar-refractivity contribution in [2.75, 3.05) is 0 Å². The average Bonchev–Trinajstić information content (AvgIpc) is 2.79. The highest BCUT2D eigenvalue weighted by molar-refractivity contribution is 5.74. The van der Waals surface area contributed by atoms with Crippen molar-refractivity contribution in [3.05, 3.63) is 101 Å². The summed E-state index contributed by atoms with van der Waals surface area (Å²) in [6.07, 6.45) is 3.52. The number of nitrogens with zero attached hydrogens (tertiary/aromatic N) is 6. The molecule has 3 heterocycles. The van der Waals surface area contributed by atoms with Gasteiger partial charge in [-0.1, -0.05) is 41.5 Å². The standard InChI is InChI=1S/C22H16N6/c23-28-26-15-16-7-9-17(10-8-16)18-13-21(19-5-1-3-11-24-19)27-22(14-18)20-6-2-4-12-25-20/h1-14H,15H2. The minimum atomic E-state index is 0.339. The maximum absolute atomic E-state index is 8.48. The van der Waals surface area contributed by atoms with Gasteiger partial charge in [0.1, 0.15) is 0 Å². The maximum atomic E-state index is 8.48. The van der Waals surface area contributed by atoms with Gasteiger partial charge in [-0.25, -0.2) is 4.98 Å². The van der Waals surface area contributed by atoms with Crippen LogP contribution >= 0.6 is 0 Å². The predicted octanol–water partition coefficient (Wildman–Crippen LogP) is 5.68. The van der Waals surface area contributed by atoms with Crippen molar-refractivity contribution in [2.24, 2.45) is 5.11 Å². The Bertz CT molecular complexity index is 1060. The van der Waals surface area contributed by atoms with Gasteiger partial charge < -0.3 is 0 Å². The Labute approximate surface area is 162 Å². The number of azide groups is 1. The van der Waals surface area contributed by atoms with Crippen molar-refractivity contribution in [2.45, 2.75) is 6.54 Å². The van der Waals surface area contributed by atoms with Crippen LogP contribution in [0.4, 0.5) is 0 Å². The van der Waals surface area contributed by atoms with E-state index in [1.165, 1.54) is 0 Å². The third-order valence-electron chi connectivity index (χ3n) is 4.28. The van der Waals surface area contributed by atoms with Crippen LogP contribution in [0.2, 0.25) is 0 Å². The highest BCUT2D eigenvalue weighted by Crippen LogP contribution is 2.29. The van der Waals surface area contributed by atoms with Gasteiger partial charge in [-0.15, -0.1) is 0 Å². The van der Waals surface area contributed by atoms with Crippen LogP contribution in [0.5, 0.6) is 0 Å². The summed E-state index contributed by atoms with van der Waals surface area (Å²) in [5.74, 6) is 0. The molecule has 0 aliphatic carbocycles. The number of hydrogen-bond donors (Lipinski definition) is 0. The molecule has 0 aliphatic rings. The first-order valence-electron chi connectivity index (χ1n) is 8.78. The molecule has 0 radical (unpaired) electrons. The second-order valence-corrected chi connectivity index (χ2v) is 6.14. The summed E-state index contributed by atoms with van der Waals surface area (Å²) in [7, 11) is 0. The average molecular weight is 364 g/mol. The lowest BCUT2D eigenvalue weighted by molar-refractivity contribution is 1.05. The molecule has 4 aromatic rings. The van der Waals surface area contributed by atoms with E-state index in [1.807, 2.05) is 72.8 Å². The Hall–Kier alpha value is -4.02. The summed E-state index contributed by atoms with van der Waals surface area (Å²) in [5.41, 5.74) is 14.7. The fraction of sp³-hybridized carbons (Fsp3) is 0.0455. The van der Waals surface area contributed by atoms with E-state index in [4.69, 9.17) is 10.5 Å². The molecule has 1 aromatic carbocycles. The first kappa shape index (κ1) is 17.4. The van der Waals surface area contributed by atoms with Crippen LogP contribution < -0.4 is 0 Å². The van der Waals surface area contributed by atoms with Gasteiger partial charge in [0.15, 0.2) is 0 Å². The molecule has 0 bridgehead atoms. The van der Waals surface area contributed by atoms with Gasteiger partial charge in [0.2, 0.25) is 0 Å². The quantitative estimate of drug-likeness (QED) is 0.259. The number of rotatable bonds is 5. The Kier molecular flexibility index (Phi) is 5.04. The molecule has 6 heteroatoms. The molecule has 0 saturated carbocycles. The summed E-state index contributed by atoms with van der Waals surface area (Å²) in [4.78, 5) is 16.5. The van der Waals surface area contributed by atoms with E-state index in [1.54, 1.807) is 12.4 Å². The zero-order chi connectivity index (χ0) is 19.2. The van der Waals surface area contributed by atoms with Gasteiger partial charge in [-0.3, -0.25) is 9.97 Å². The molecular weight excluding hydrogens is 348 g/mol. The van der Waals surface area contributed by atoms with Gasteiger partial charge in [-0.2, -0.15) is 0 Å². The zero-order valence-corrected chi connectivity index (χ0v) is 15.0. The molecule has 134 valence electrons. The van der Waals surface area contributed by atoms with Crippen LogP contribution in [0.25, 0.3) is 44.3 Å². The summed E-state index contributed by atoms with van der Waals surface area (Å²) < 4.78 is 0. The van der Waals surface area contributed by atoms with E-state index in [9.17, 15) is 0 Å². The Balaban J connectivity index is 1.81. The Morgan fingerprint density at radius 3 is 1.82 bits per heavy atom. The minimum Gasteiger partial charge on any atom is -0.255 e. The molecule has 3 aromatic heterocycles. The van der Waals surface area contributed by atoms with E-state index in [2.05, 4.69) is 20.0 Å². The Morgan fingerprint density at radius 2 is 1.32 bits per heavy atom. The number of aromatic nitrogens is 3. The fourth-order valence-corrected chi connectivity index (χ4v) is 2.90. The number of hydrogen-bond acceptors (Lipinski definition) is 4. The van der Waals surface area contributed by atoms with Gasteiger partial charge in [0.05, 0.1) is 29.3 Å². The molecule has 0 unspecified atom stereocenters. The molecule has 0 atom stereocenters. The largest absolute Gasteiger partial charge is 0.255 e. The second kappa shape index (κ2) is 8.12.